The number of hydrogen-bond donors (Lipinski definition) is 2. The van der Waals surface area contributed by atoms with E-state index < -0.39 is 10.0 Å². The summed E-state index contributed by atoms with van der Waals surface area (Å²) in [5, 5.41) is 4.02. The summed E-state index contributed by atoms with van der Waals surface area (Å²) >= 11 is 0. The van der Waals surface area contributed by atoms with Gasteiger partial charge in [-0.25, -0.2) is 8.42 Å². The summed E-state index contributed by atoms with van der Waals surface area (Å²) in [4.78, 5) is 0.0110. The van der Waals surface area contributed by atoms with Gasteiger partial charge in [0.2, 0.25) is 0 Å². The van der Waals surface area contributed by atoms with E-state index >= 15 is 0 Å². The predicted molar refractivity (Wildman–Crippen MR) is 83.7 cm³/mol. The second-order valence-corrected chi connectivity index (χ2v) is 6.72. The lowest BCUT2D eigenvalue weighted by molar-refractivity contribution is 0.595. The highest BCUT2D eigenvalue weighted by molar-refractivity contribution is 7.92. The molecule has 0 aliphatic heterocycles. The number of benzene rings is 1. The number of anilines is 2. The van der Waals surface area contributed by atoms with E-state index in [2.05, 4.69) is 9.82 Å². The molecule has 0 amide bonds. The van der Waals surface area contributed by atoms with E-state index in [0.29, 0.717) is 12.2 Å². The number of rotatable bonds is 5. The van der Waals surface area contributed by atoms with Crippen LogP contribution in [0.3, 0.4) is 0 Å². The Bertz CT molecular complexity index is 750. The summed E-state index contributed by atoms with van der Waals surface area (Å²) < 4.78 is 29.0. The summed E-state index contributed by atoms with van der Waals surface area (Å²) in [5.74, 6) is 0.0151. The molecule has 0 fully saturated rings. The molecule has 3 N–H and O–H groups in total. The highest BCUT2D eigenvalue weighted by atomic mass is 32.2. The highest BCUT2D eigenvalue weighted by Gasteiger charge is 2.21. The Hall–Kier alpha value is -2.02. The van der Waals surface area contributed by atoms with Crippen molar-refractivity contribution in [1.82, 2.24) is 9.78 Å². The summed E-state index contributed by atoms with van der Waals surface area (Å²) in [6, 6.07) is 5.59. The number of nitrogens with zero attached hydrogens (tertiary/aromatic N) is 2. The average Bonchev–Trinajstić information content (AvgIpc) is 2.76. The average molecular weight is 308 g/mol. The molecule has 0 aliphatic rings. The van der Waals surface area contributed by atoms with Crippen molar-refractivity contribution in [2.75, 3.05) is 10.5 Å². The van der Waals surface area contributed by atoms with Gasteiger partial charge in [-0.15, -0.1) is 0 Å². The van der Waals surface area contributed by atoms with Crippen LogP contribution in [0.5, 0.6) is 0 Å². The Morgan fingerprint density at radius 2 is 2.05 bits per heavy atom. The van der Waals surface area contributed by atoms with Crippen LogP contribution in [0.25, 0.3) is 0 Å². The number of nitrogens with two attached hydrogens (primary N) is 1. The third-order valence-electron chi connectivity index (χ3n) is 3.13. The van der Waals surface area contributed by atoms with Crippen LogP contribution in [0, 0.1) is 13.8 Å². The Balaban J connectivity index is 2.36. The minimum atomic E-state index is -3.74. The zero-order valence-corrected chi connectivity index (χ0v) is 13.2. The molecule has 0 unspecified atom stereocenters. The number of sulfonamides is 1. The molecule has 114 valence electrons. The molecule has 2 rings (SSSR count). The smallest absolute Gasteiger partial charge is 0.267 e. The topological polar surface area (TPSA) is 90.0 Å². The highest BCUT2D eigenvalue weighted by Crippen LogP contribution is 2.23. The van der Waals surface area contributed by atoms with Gasteiger partial charge in [0.25, 0.3) is 10.0 Å². The van der Waals surface area contributed by atoms with Gasteiger partial charge in [0.1, 0.15) is 4.90 Å². The van der Waals surface area contributed by atoms with E-state index in [0.717, 1.165) is 17.5 Å². The zero-order chi connectivity index (χ0) is 15.6. The van der Waals surface area contributed by atoms with E-state index in [1.54, 1.807) is 10.7 Å². The molecule has 0 saturated carbocycles. The molecule has 21 heavy (non-hydrogen) atoms. The van der Waals surface area contributed by atoms with Gasteiger partial charge >= 0.3 is 0 Å². The number of nitrogen functional groups attached to an aromatic ring is 1. The van der Waals surface area contributed by atoms with Crippen LogP contribution >= 0.6 is 0 Å². The van der Waals surface area contributed by atoms with Crippen molar-refractivity contribution in [3.8, 4) is 0 Å². The van der Waals surface area contributed by atoms with E-state index in [1.807, 2.05) is 32.9 Å². The molecule has 1 aromatic heterocycles. The SMILES string of the molecule is CCCn1cc(S(=O)(=O)Nc2cc(C)ccc2C)c(N)n1. The van der Waals surface area contributed by atoms with Crippen LogP contribution in [-0.2, 0) is 16.6 Å². The first kappa shape index (κ1) is 15.4. The Morgan fingerprint density at radius 1 is 1.33 bits per heavy atom. The fourth-order valence-electron chi connectivity index (χ4n) is 2.01. The molecule has 1 heterocycles. The van der Waals surface area contributed by atoms with Crippen molar-refractivity contribution in [3.63, 3.8) is 0 Å². The monoisotopic (exact) mass is 308 g/mol. The van der Waals surface area contributed by atoms with Crippen molar-refractivity contribution < 1.29 is 8.42 Å². The molecule has 0 atom stereocenters. The molecule has 6 nitrogen and oxygen atoms in total. The van der Waals surface area contributed by atoms with Crippen molar-refractivity contribution in [3.05, 3.63) is 35.5 Å². The van der Waals surface area contributed by atoms with Crippen LogP contribution in [0.4, 0.5) is 11.5 Å². The van der Waals surface area contributed by atoms with Gasteiger partial charge in [0.15, 0.2) is 5.82 Å². The fraction of sp³-hybridized carbons (Fsp3) is 0.357. The third-order valence-corrected chi connectivity index (χ3v) is 4.52. The molecule has 2 aromatic rings. The molecule has 0 aliphatic carbocycles. The van der Waals surface area contributed by atoms with E-state index in [9.17, 15) is 8.42 Å². The van der Waals surface area contributed by atoms with Crippen LogP contribution in [0.1, 0.15) is 24.5 Å². The third kappa shape index (κ3) is 3.36. The minimum Gasteiger partial charge on any atom is -0.381 e. The maximum absolute atomic E-state index is 12.5. The van der Waals surface area contributed by atoms with E-state index in [4.69, 9.17) is 5.73 Å². The van der Waals surface area contributed by atoms with E-state index in [-0.39, 0.29) is 10.7 Å². The molecule has 1 aromatic carbocycles. The lowest BCUT2D eigenvalue weighted by atomic mass is 10.1. The van der Waals surface area contributed by atoms with Gasteiger partial charge in [-0.05, 0) is 37.5 Å². The molecule has 0 spiro atoms. The van der Waals surface area contributed by atoms with Crippen LogP contribution in [0.2, 0.25) is 0 Å². The molecule has 7 heteroatoms. The van der Waals surface area contributed by atoms with Crippen molar-refractivity contribution >= 4 is 21.5 Å². The van der Waals surface area contributed by atoms with Crippen molar-refractivity contribution in [2.24, 2.45) is 0 Å². The van der Waals surface area contributed by atoms with Gasteiger partial charge in [0, 0.05) is 12.7 Å². The first-order chi connectivity index (χ1) is 9.83. The second kappa shape index (κ2) is 5.77. The standard InChI is InChI=1S/C14H20N4O2S/c1-4-7-18-9-13(14(15)16-18)21(19,20)17-12-8-10(2)5-6-11(12)3/h5-6,8-9,17H,4,7H2,1-3H3,(H2,15,16). The fourth-order valence-corrected chi connectivity index (χ4v) is 3.21. The molecule has 0 bridgehead atoms. The van der Waals surface area contributed by atoms with Crippen molar-refractivity contribution in [2.45, 2.75) is 38.6 Å². The van der Waals surface area contributed by atoms with Crippen LogP contribution < -0.4 is 10.5 Å². The minimum absolute atomic E-state index is 0.0110. The Kier molecular flexibility index (Phi) is 4.22. The quantitative estimate of drug-likeness (QED) is 0.886. The molecule has 0 radical (unpaired) electrons. The summed E-state index contributed by atoms with van der Waals surface area (Å²) in [6.45, 7) is 6.37. The molecular weight excluding hydrogens is 288 g/mol. The van der Waals surface area contributed by atoms with Gasteiger partial charge in [-0.1, -0.05) is 19.1 Å². The Labute approximate surface area is 125 Å². The van der Waals surface area contributed by atoms with Gasteiger partial charge < -0.3 is 5.73 Å². The first-order valence-corrected chi connectivity index (χ1v) is 8.25. The van der Waals surface area contributed by atoms with Gasteiger partial charge in [-0.2, -0.15) is 5.10 Å². The van der Waals surface area contributed by atoms with Gasteiger partial charge in [0.05, 0.1) is 5.69 Å². The molecular formula is C14H20N4O2S. The summed E-state index contributed by atoms with van der Waals surface area (Å²) in [6.07, 6.45) is 2.32. The summed E-state index contributed by atoms with van der Waals surface area (Å²) in [5.41, 5.74) is 8.11. The molecule has 0 saturated heterocycles. The lowest BCUT2D eigenvalue weighted by Gasteiger charge is -2.10. The second-order valence-electron chi connectivity index (χ2n) is 5.07. The number of aromatic nitrogens is 2. The number of nitrogens with one attached hydrogen (secondary N) is 1. The lowest BCUT2D eigenvalue weighted by Crippen LogP contribution is -2.14. The number of hydrogen-bond acceptors (Lipinski definition) is 4. The first-order valence-electron chi connectivity index (χ1n) is 6.76. The number of aryl methyl sites for hydroxylation is 3. The van der Waals surface area contributed by atoms with E-state index in [1.165, 1.54) is 6.20 Å². The maximum Gasteiger partial charge on any atom is 0.267 e. The van der Waals surface area contributed by atoms with Crippen LogP contribution in [-0.4, -0.2) is 18.2 Å². The Morgan fingerprint density at radius 3 is 2.71 bits per heavy atom. The largest absolute Gasteiger partial charge is 0.381 e. The maximum atomic E-state index is 12.5. The summed E-state index contributed by atoms with van der Waals surface area (Å²) in [7, 11) is -3.74. The normalized spacial score (nSPS) is 11.6. The van der Waals surface area contributed by atoms with Crippen molar-refractivity contribution in [1.29, 1.82) is 0 Å². The predicted octanol–water partition coefficient (Wildman–Crippen LogP) is 2.29. The van der Waals surface area contributed by atoms with Crippen LogP contribution in [0.15, 0.2) is 29.3 Å². The zero-order valence-electron chi connectivity index (χ0n) is 12.4. The van der Waals surface area contributed by atoms with Gasteiger partial charge in [-0.3, -0.25) is 9.40 Å².